The Morgan fingerprint density at radius 3 is 2.91 bits per heavy atom. The van der Waals surface area contributed by atoms with E-state index < -0.39 is 5.82 Å². The van der Waals surface area contributed by atoms with Crippen LogP contribution < -0.4 is 10.2 Å². The van der Waals surface area contributed by atoms with Crippen molar-refractivity contribution in [2.45, 2.75) is 25.3 Å². The molecule has 118 valence electrons. The zero-order valence-corrected chi connectivity index (χ0v) is 12.6. The number of benzene rings is 1. The minimum Gasteiger partial charge on any atom is -0.337 e. The molecule has 3 rings (SSSR count). The van der Waals surface area contributed by atoms with Crippen molar-refractivity contribution < 1.29 is 14.0 Å². The standard InChI is InChI=1S/C16H20FN3O2/c1-19(12-6-7-18-10-12)16(22)13-9-11(4-5-14(13)17)20-8-2-3-15(20)21/h4-5,9,12,18H,2-3,6-8,10H2,1H3. The fraction of sp³-hybridized carbons (Fsp3) is 0.500. The second kappa shape index (κ2) is 6.04. The van der Waals surface area contributed by atoms with Crippen LogP contribution in [0.25, 0.3) is 0 Å². The molecule has 6 heteroatoms. The van der Waals surface area contributed by atoms with Crippen molar-refractivity contribution in [1.82, 2.24) is 10.2 Å². The van der Waals surface area contributed by atoms with Crippen LogP contribution in [0.2, 0.25) is 0 Å². The van der Waals surface area contributed by atoms with Gasteiger partial charge in [-0.25, -0.2) is 4.39 Å². The van der Waals surface area contributed by atoms with E-state index in [4.69, 9.17) is 0 Å². The van der Waals surface area contributed by atoms with E-state index in [1.807, 2.05) is 0 Å². The molecule has 2 aliphatic rings. The first kappa shape index (κ1) is 15.0. The van der Waals surface area contributed by atoms with E-state index in [1.165, 1.54) is 12.1 Å². The quantitative estimate of drug-likeness (QED) is 0.918. The summed E-state index contributed by atoms with van der Waals surface area (Å²) >= 11 is 0. The molecule has 1 unspecified atom stereocenters. The summed E-state index contributed by atoms with van der Waals surface area (Å²) in [6.07, 6.45) is 2.18. The number of carbonyl (C=O) groups is 2. The molecule has 2 fully saturated rings. The summed E-state index contributed by atoms with van der Waals surface area (Å²) in [6.45, 7) is 2.22. The topological polar surface area (TPSA) is 52.7 Å². The molecule has 2 heterocycles. The Kier molecular flexibility index (Phi) is 4.11. The van der Waals surface area contributed by atoms with Gasteiger partial charge >= 0.3 is 0 Å². The number of amides is 2. The maximum absolute atomic E-state index is 14.1. The SMILES string of the molecule is CN(C(=O)c1cc(N2CCCC2=O)ccc1F)C1CCNC1. The first-order valence-electron chi connectivity index (χ1n) is 7.65. The van der Waals surface area contributed by atoms with E-state index in [9.17, 15) is 14.0 Å². The fourth-order valence-corrected chi connectivity index (χ4v) is 3.09. The van der Waals surface area contributed by atoms with Crippen molar-refractivity contribution in [2.75, 3.05) is 31.6 Å². The monoisotopic (exact) mass is 305 g/mol. The zero-order chi connectivity index (χ0) is 15.7. The molecule has 0 aliphatic carbocycles. The van der Waals surface area contributed by atoms with E-state index >= 15 is 0 Å². The van der Waals surface area contributed by atoms with Crippen LogP contribution in [0.5, 0.6) is 0 Å². The number of likely N-dealkylation sites (N-methyl/N-ethyl adjacent to an activating group) is 1. The molecule has 1 N–H and O–H groups in total. The van der Waals surface area contributed by atoms with E-state index in [0.29, 0.717) is 18.7 Å². The molecule has 22 heavy (non-hydrogen) atoms. The highest BCUT2D eigenvalue weighted by Gasteiger charge is 2.28. The van der Waals surface area contributed by atoms with Gasteiger partial charge in [-0.05, 0) is 37.6 Å². The molecular weight excluding hydrogens is 285 g/mol. The maximum atomic E-state index is 14.1. The van der Waals surface area contributed by atoms with Crippen LogP contribution in [-0.2, 0) is 4.79 Å². The van der Waals surface area contributed by atoms with E-state index in [1.54, 1.807) is 22.9 Å². The van der Waals surface area contributed by atoms with Gasteiger partial charge in [-0.2, -0.15) is 0 Å². The molecule has 5 nitrogen and oxygen atoms in total. The van der Waals surface area contributed by atoms with Crippen LogP contribution in [0.15, 0.2) is 18.2 Å². The third-order valence-electron chi connectivity index (χ3n) is 4.47. The average molecular weight is 305 g/mol. The Labute approximate surface area is 129 Å². The second-order valence-electron chi connectivity index (χ2n) is 5.88. The lowest BCUT2D eigenvalue weighted by molar-refractivity contribution is -0.117. The number of nitrogens with one attached hydrogen (secondary N) is 1. The van der Waals surface area contributed by atoms with Gasteiger partial charge in [0.1, 0.15) is 5.82 Å². The van der Waals surface area contributed by atoms with Crippen molar-refractivity contribution in [3.8, 4) is 0 Å². The van der Waals surface area contributed by atoms with Crippen LogP contribution >= 0.6 is 0 Å². The van der Waals surface area contributed by atoms with Crippen LogP contribution in [0, 0.1) is 5.82 Å². The average Bonchev–Trinajstić information content (AvgIpc) is 3.18. The Morgan fingerprint density at radius 1 is 1.45 bits per heavy atom. The molecule has 0 bridgehead atoms. The Morgan fingerprint density at radius 2 is 2.27 bits per heavy atom. The van der Waals surface area contributed by atoms with E-state index in [0.717, 1.165) is 25.9 Å². The predicted molar refractivity (Wildman–Crippen MR) is 81.4 cm³/mol. The van der Waals surface area contributed by atoms with Gasteiger partial charge in [0.05, 0.1) is 5.56 Å². The summed E-state index contributed by atoms with van der Waals surface area (Å²) in [7, 11) is 1.70. The molecule has 2 aliphatic heterocycles. The fourth-order valence-electron chi connectivity index (χ4n) is 3.09. The van der Waals surface area contributed by atoms with Crippen LogP contribution in [0.4, 0.5) is 10.1 Å². The van der Waals surface area contributed by atoms with Gasteiger partial charge in [-0.15, -0.1) is 0 Å². The van der Waals surface area contributed by atoms with Gasteiger partial charge in [0.2, 0.25) is 5.91 Å². The van der Waals surface area contributed by atoms with Gasteiger partial charge in [0.25, 0.3) is 5.91 Å². The summed E-state index contributed by atoms with van der Waals surface area (Å²) in [4.78, 5) is 27.6. The molecule has 1 aromatic carbocycles. The first-order chi connectivity index (χ1) is 10.6. The lowest BCUT2D eigenvalue weighted by Crippen LogP contribution is -2.38. The minimum absolute atomic E-state index is 0.0263. The van der Waals surface area contributed by atoms with Crippen LogP contribution in [-0.4, -0.2) is 49.4 Å². The van der Waals surface area contributed by atoms with Gasteiger partial charge in [0.15, 0.2) is 0 Å². The Balaban J connectivity index is 1.85. The number of hydrogen-bond acceptors (Lipinski definition) is 3. The smallest absolute Gasteiger partial charge is 0.256 e. The Hall–Kier alpha value is -1.95. The van der Waals surface area contributed by atoms with E-state index in [2.05, 4.69) is 5.32 Å². The molecule has 0 aromatic heterocycles. The molecular formula is C16H20FN3O2. The molecule has 0 radical (unpaired) electrons. The molecule has 2 amide bonds. The van der Waals surface area contributed by atoms with Crippen molar-refractivity contribution >= 4 is 17.5 Å². The molecule has 1 atom stereocenters. The number of hydrogen-bond donors (Lipinski definition) is 1. The highest BCUT2D eigenvalue weighted by molar-refractivity contribution is 5.99. The molecule has 0 spiro atoms. The van der Waals surface area contributed by atoms with Crippen molar-refractivity contribution in [3.05, 3.63) is 29.6 Å². The number of anilines is 1. The van der Waals surface area contributed by atoms with Gasteiger partial charge in [-0.1, -0.05) is 0 Å². The highest BCUT2D eigenvalue weighted by Crippen LogP contribution is 2.25. The Bertz CT molecular complexity index is 599. The number of carbonyl (C=O) groups excluding carboxylic acids is 2. The number of nitrogens with zero attached hydrogens (tertiary/aromatic N) is 2. The first-order valence-corrected chi connectivity index (χ1v) is 7.65. The normalized spacial score (nSPS) is 21.5. The molecule has 2 saturated heterocycles. The summed E-state index contributed by atoms with van der Waals surface area (Å²) in [5.41, 5.74) is 0.636. The van der Waals surface area contributed by atoms with Crippen molar-refractivity contribution in [1.29, 1.82) is 0 Å². The lowest BCUT2D eigenvalue weighted by atomic mass is 10.1. The third kappa shape index (κ3) is 2.70. The minimum atomic E-state index is -0.543. The number of halogens is 1. The van der Waals surface area contributed by atoms with Gasteiger partial charge in [0, 0.05) is 38.3 Å². The summed E-state index contributed by atoms with van der Waals surface area (Å²) in [6, 6.07) is 4.42. The van der Waals surface area contributed by atoms with Crippen molar-refractivity contribution in [2.24, 2.45) is 0 Å². The third-order valence-corrected chi connectivity index (χ3v) is 4.47. The maximum Gasteiger partial charge on any atom is 0.256 e. The molecule has 1 aromatic rings. The van der Waals surface area contributed by atoms with Gasteiger partial charge < -0.3 is 15.1 Å². The van der Waals surface area contributed by atoms with Crippen molar-refractivity contribution in [3.63, 3.8) is 0 Å². The van der Waals surface area contributed by atoms with E-state index in [-0.39, 0.29) is 23.4 Å². The predicted octanol–water partition coefficient (Wildman–Crippen LogP) is 1.39. The highest BCUT2D eigenvalue weighted by atomic mass is 19.1. The number of rotatable bonds is 3. The lowest BCUT2D eigenvalue weighted by Gasteiger charge is -2.25. The summed E-state index contributed by atoms with van der Waals surface area (Å²) < 4.78 is 14.1. The molecule has 0 saturated carbocycles. The summed E-state index contributed by atoms with van der Waals surface area (Å²) in [5.74, 6) is -0.851. The largest absolute Gasteiger partial charge is 0.337 e. The van der Waals surface area contributed by atoms with Crippen LogP contribution in [0.3, 0.4) is 0 Å². The zero-order valence-electron chi connectivity index (χ0n) is 12.6. The second-order valence-corrected chi connectivity index (χ2v) is 5.88. The van der Waals surface area contributed by atoms with Crippen LogP contribution in [0.1, 0.15) is 29.6 Å². The summed E-state index contributed by atoms with van der Waals surface area (Å²) in [5, 5.41) is 3.20. The van der Waals surface area contributed by atoms with Gasteiger partial charge in [-0.3, -0.25) is 9.59 Å².